The number of hydrogen-bond donors (Lipinski definition) is 3. The summed E-state index contributed by atoms with van der Waals surface area (Å²) in [6.45, 7) is 6.89. The fourth-order valence-corrected chi connectivity index (χ4v) is 4.52. The Kier molecular flexibility index (Phi) is 23.9. The molecule has 0 radical (unpaired) electrons. The van der Waals surface area contributed by atoms with Crippen molar-refractivity contribution in [1.29, 1.82) is 0 Å². The Morgan fingerprint density at radius 1 is 1.03 bits per heavy atom. The summed E-state index contributed by atoms with van der Waals surface area (Å²) < 4.78 is 18.6. The van der Waals surface area contributed by atoms with Crippen LogP contribution >= 0.6 is 20.0 Å². The Bertz CT molecular complexity index is 817. The van der Waals surface area contributed by atoms with E-state index in [1.54, 1.807) is 26.0 Å². The third-order valence-electron chi connectivity index (χ3n) is 5.08. The number of thioether (sulfide) groups is 1. The van der Waals surface area contributed by atoms with Gasteiger partial charge in [0.15, 0.2) is 11.6 Å². The van der Waals surface area contributed by atoms with Crippen molar-refractivity contribution in [1.82, 2.24) is 0 Å². The van der Waals surface area contributed by atoms with Crippen LogP contribution < -0.4 is 34.3 Å². The Hall–Kier alpha value is -0.840. The first kappa shape index (κ1) is 38.3. The summed E-state index contributed by atoms with van der Waals surface area (Å²) >= 11 is 0.873. The zero-order valence-corrected chi connectivity index (χ0v) is 26.1. The minimum atomic E-state index is -2.87. The van der Waals surface area contributed by atoms with Gasteiger partial charge in [0, 0.05) is 23.0 Å². The number of benzene rings is 1. The smallest absolute Gasteiger partial charge is 0.609 e. The number of esters is 1. The molecule has 3 N–H and O–H groups in total. The second-order valence-electron chi connectivity index (χ2n) is 8.35. The predicted molar refractivity (Wildman–Crippen MR) is 140 cm³/mol. The number of hydrogen-bond acceptors (Lipinski definition) is 8. The van der Waals surface area contributed by atoms with Crippen molar-refractivity contribution >= 4 is 37.6 Å². The van der Waals surface area contributed by atoms with Crippen LogP contribution in [-0.4, -0.2) is 44.0 Å². The summed E-state index contributed by atoms with van der Waals surface area (Å²) in [5.41, 5.74) is 0.495. The van der Waals surface area contributed by atoms with Gasteiger partial charge in [0.2, 0.25) is 0 Å². The molecule has 1 unspecified atom stereocenters. The van der Waals surface area contributed by atoms with Crippen molar-refractivity contribution in [3.8, 4) is 5.75 Å². The van der Waals surface area contributed by atoms with E-state index >= 15 is 0 Å². The molecule has 0 heterocycles. The molecule has 0 saturated carbocycles. The number of ether oxygens (including phenoxy) is 2. The molecular formula is C25H39NaO9PS+. The van der Waals surface area contributed by atoms with Gasteiger partial charge in [-0.05, 0) is 31.6 Å². The molecule has 9 nitrogen and oxygen atoms in total. The second-order valence-corrected chi connectivity index (χ2v) is 10.4. The van der Waals surface area contributed by atoms with Gasteiger partial charge in [-0.1, -0.05) is 82.2 Å². The molecule has 0 spiro atoms. The monoisotopic (exact) mass is 569 g/mol. The van der Waals surface area contributed by atoms with E-state index in [0.29, 0.717) is 12.0 Å². The molecule has 0 saturated heterocycles. The van der Waals surface area contributed by atoms with Gasteiger partial charge < -0.3 is 19.4 Å². The minimum absolute atomic E-state index is 0. The van der Waals surface area contributed by atoms with Crippen LogP contribution in [0.1, 0.15) is 101 Å². The molecule has 0 aliphatic rings. The normalized spacial score (nSPS) is 11.7. The molecule has 1 atom stereocenters. The largest absolute Gasteiger partial charge is 1.00 e. The molecule has 0 aliphatic carbocycles. The van der Waals surface area contributed by atoms with Gasteiger partial charge >= 0.3 is 43.8 Å². The summed E-state index contributed by atoms with van der Waals surface area (Å²) in [7, 11) is -2.87. The Balaban J connectivity index is 0. The van der Waals surface area contributed by atoms with Gasteiger partial charge in [0.05, 0.1) is 6.61 Å². The average molecular weight is 570 g/mol. The molecule has 37 heavy (non-hydrogen) atoms. The van der Waals surface area contributed by atoms with E-state index < -0.39 is 19.2 Å². The molecule has 1 aromatic carbocycles. The van der Waals surface area contributed by atoms with Gasteiger partial charge in [-0.2, -0.15) is 0 Å². The molecule has 0 aliphatic heterocycles. The van der Waals surface area contributed by atoms with E-state index in [-0.39, 0.29) is 59.0 Å². The van der Waals surface area contributed by atoms with Gasteiger partial charge in [-0.15, -0.1) is 15.9 Å². The first-order chi connectivity index (χ1) is 17.1. The molecular weight excluding hydrogens is 530 g/mol. The maximum absolute atomic E-state index is 12.4. The van der Waals surface area contributed by atoms with Gasteiger partial charge in [0.25, 0.3) is 0 Å². The third kappa shape index (κ3) is 19.8. The minimum Gasteiger partial charge on any atom is -0.609 e. The maximum Gasteiger partial charge on any atom is 1.00 e. The van der Waals surface area contributed by atoms with Crippen molar-refractivity contribution in [2.24, 2.45) is 0 Å². The summed E-state index contributed by atoms with van der Waals surface area (Å²) in [5, 5.41) is 10.7. The summed E-state index contributed by atoms with van der Waals surface area (Å²) in [4.78, 5) is 48.3. The van der Waals surface area contributed by atoms with Crippen LogP contribution in [0.4, 0.5) is 0 Å². The van der Waals surface area contributed by atoms with E-state index in [1.807, 2.05) is 0 Å². The molecule has 0 aromatic heterocycles. The van der Waals surface area contributed by atoms with Crippen LogP contribution in [0, 0.1) is 0 Å². The molecule has 204 valence electrons. The fraction of sp³-hybridized carbons (Fsp3) is 0.640. The van der Waals surface area contributed by atoms with Gasteiger partial charge in [-0.25, -0.2) is 4.79 Å². The molecule has 1 aromatic rings. The Morgan fingerprint density at radius 3 is 2.08 bits per heavy atom. The number of rotatable bonds is 17. The number of unbranched alkanes of at least 4 members (excludes halogenated alkanes) is 8. The Morgan fingerprint density at radius 2 is 1.57 bits per heavy atom. The first-order valence-electron chi connectivity index (χ1n) is 12.2. The van der Waals surface area contributed by atoms with E-state index in [0.717, 1.165) is 31.0 Å². The fourth-order valence-electron chi connectivity index (χ4n) is 3.55. The van der Waals surface area contributed by atoms with Gasteiger partial charge in [0.1, 0.15) is 4.93 Å². The van der Waals surface area contributed by atoms with Crippen LogP contribution in [0.25, 0.3) is 0 Å². The molecule has 1 rings (SSSR count). The molecule has 0 fully saturated rings. The van der Waals surface area contributed by atoms with Crippen molar-refractivity contribution in [3.05, 3.63) is 29.3 Å². The summed E-state index contributed by atoms with van der Waals surface area (Å²) in [6, 6.07) is 4.71. The van der Waals surface area contributed by atoms with Crippen LogP contribution in [-0.2, 0) is 25.3 Å². The van der Waals surface area contributed by atoms with Crippen LogP contribution in [0.3, 0.4) is 0 Å². The summed E-state index contributed by atoms with van der Waals surface area (Å²) in [5.74, 6) is -0.645. The quantitative estimate of drug-likeness (QED) is 0.0638. The van der Waals surface area contributed by atoms with Crippen LogP contribution in [0.5, 0.6) is 5.75 Å². The average Bonchev–Trinajstić information content (AvgIpc) is 2.77. The number of aliphatic hydroxyl groups is 1. The van der Waals surface area contributed by atoms with E-state index in [9.17, 15) is 19.5 Å². The van der Waals surface area contributed by atoms with Crippen LogP contribution in [0.15, 0.2) is 18.2 Å². The topological polar surface area (TPSA) is 147 Å². The third-order valence-corrected chi connectivity index (χ3v) is 6.10. The SMILES string of the molecule is CCCCCCCCCCCC(=O)SC(C)(O)Cc1cccc(O[C-]=O)c1C(=O)OCC.O=[P+](O)O.[Na+]. The standard InChI is InChI=1S/C25H37O6S.Na.HO3P/c1-4-6-7-8-9-10-11-12-13-17-22(27)32-25(3,29)18-20-15-14-16-21(31-19-26)23(20)24(28)30-5-2;;1-4(2)3/h14-16,29H,4-13,17-18H2,1-3H3;;(H-,1,2,3)/q-1;+1;/p+1. The molecule has 0 amide bonds. The molecule has 0 bridgehead atoms. The zero-order valence-electron chi connectivity index (χ0n) is 22.4. The van der Waals surface area contributed by atoms with Crippen LogP contribution in [0.2, 0.25) is 0 Å². The Labute approximate surface area is 247 Å². The van der Waals surface area contributed by atoms with Crippen molar-refractivity contribution in [2.75, 3.05) is 6.61 Å². The maximum atomic E-state index is 12.4. The molecule has 12 heteroatoms. The van der Waals surface area contributed by atoms with E-state index in [2.05, 4.69) is 6.92 Å². The second kappa shape index (κ2) is 23.1. The summed E-state index contributed by atoms with van der Waals surface area (Å²) in [6.07, 6.45) is 11.0. The van der Waals surface area contributed by atoms with Crippen molar-refractivity contribution < 1.29 is 72.9 Å². The van der Waals surface area contributed by atoms with Crippen molar-refractivity contribution in [2.45, 2.75) is 96.3 Å². The number of carbonyl (C=O) groups excluding carboxylic acids is 3. The van der Waals surface area contributed by atoms with Crippen molar-refractivity contribution in [3.63, 3.8) is 0 Å². The first-order valence-corrected chi connectivity index (χ1v) is 14.2. The predicted octanol–water partition coefficient (Wildman–Crippen LogP) is 2.37. The van der Waals surface area contributed by atoms with E-state index in [1.165, 1.54) is 51.1 Å². The zero-order chi connectivity index (χ0) is 27.4. The van der Waals surface area contributed by atoms with Gasteiger partial charge in [-0.3, -0.25) is 4.79 Å². The number of carbonyl (C=O) groups is 2. The van der Waals surface area contributed by atoms with E-state index in [4.69, 9.17) is 23.8 Å².